The van der Waals surface area contributed by atoms with E-state index >= 15 is 0 Å². The number of ether oxygens (including phenoxy) is 1. The molecule has 0 saturated heterocycles. The van der Waals surface area contributed by atoms with Crippen molar-refractivity contribution in [3.05, 3.63) is 85.1 Å². The lowest BCUT2D eigenvalue weighted by molar-refractivity contribution is -0.148. The first kappa shape index (κ1) is 64.0. The van der Waals surface area contributed by atoms with E-state index in [0.29, 0.717) is 19.3 Å². The van der Waals surface area contributed by atoms with Gasteiger partial charge in [0.2, 0.25) is 5.91 Å². The van der Waals surface area contributed by atoms with Gasteiger partial charge in [-0.3, -0.25) is 9.59 Å². The maximum absolute atomic E-state index is 13.2. The van der Waals surface area contributed by atoms with Crippen LogP contribution in [-0.4, -0.2) is 46.9 Å². The quantitative estimate of drug-likeness (QED) is 0.0321. The molecule has 0 heterocycles. The Bertz CT molecular complexity index is 1280. The molecule has 386 valence electrons. The summed E-state index contributed by atoms with van der Waals surface area (Å²) in [6.45, 7) is 6.34. The number of hydrogen-bond acceptors (Lipinski definition) is 5. The summed E-state index contributed by atoms with van der Waals surface area (Å²) in [4.78, 5) is 26.2. The highest BCUT2D eigenvalue weighted by Crippen LogP contribution is 2.16. The van der Waals surface area contributed by atoms with Gasteiger partial charge in [0, 0.05) is 6.42 Å². The first-order valence-corrected chi connectivity index (χ1v) is 28.3. The second-order valence-electron chi connectivity index (χ2n) is 19.0. The van der Waals surface area contributed by atoms with Crippen molar-refractivity contribution in [2.24, 2.45) is 0 Å². The van der Waals surface area contributed by atoms with E-state index in [1.54, 1.807) is 6.08 Å². The van der Waals surface area contributed by atoms with E-state index in [0.717, 1.165) is 70.6 Å². The van der Waals surface area contributed by atoms with E-state index in [1.807, 2.05) is 6.08 Å². The normalized spacial score (nSPS) is 13.8. The number of aliphatic hydroxyl groups excluding tert-OH is 2. The number of amides is 1. The van der Waals surface area contributed by atoms with Crippen molar-refractivity contribution in [3.8, 4) is 0 Å². The Hall–Kier alpha value is -2.96. The fraction of sp³-hybridized carbons (Fsp3) is 0.738. The van der Waals surface area contributed by atoms with Crippen LogP contribution in [0.3, 0.4) is 0 Å². The number of hydrogen-bond donors (Lipinski definition) is 3. The smallest absolute Gasteiger partial charge is 0.306 e. The highest BCUT2D eigenvalue weighted by molar-refractivity contribution is 5.78. The summed E-state index contributed by atoms with van der Waals surface area (Å²) in [5.41, 5.74) is 0. The van der Waals surface area contributed by atoms with Crippen LogP contribution in [0.25, 0.3) is 0 Å². The summed E-state index contributed by atoms with van der Waals surface area (Å²) < 4.78 is 5.85. The minimum atomic E-state index is -0.823. The molecule has 0 aromatic heterocycles. The predicted octanol–water partition coefficient (Wildman–Crippen LogP) is 17.5. The maximum atomic E-state index is 13.2. The average Bonchev–Trinajstić information content (AvgIpc) is 3.32. The number of carbonyl (C=O) groups excluding carboxylic acids is 2. The van der Waals surface area contributed by atoms with Crippen molar-refractivity contribution in [1.82, 2.24) is 5.32 Å². The Morgan fingerprint density at radius 1 is 0.463 bits per heavy atom. The summed E-state index contributed by atoms with van der Waals surface area (Å²) in [6.07, 6.45) is 71.1. The lowest BCUT2D eigenvalue weighted by Gasteiger charge is -2.23. The number of allylic oxidation sites excluding steroid dienone is 13. The first-order valence-electron chi connectivity index (χ1n) is 28.3. The molecule has 3 unspecified atom stereocenters. The molecule has 6 heteroatoms. The highest BCUT2D eigenvalue weighted by atomic mass is 16.5. The Balaban J connectivity index is 4.71. The second-order valence-corrected chi connectivity index (χ2v) is 19.0. The molecule has 6 nitrogen and oxygen atoms in total. The molecule has 0 spiro atoms. The Morgan fingerprint density at radius 2 is 0.836 bits per heavy atom. The fourth-order valence-corrected chi connectivity index (χ4v) is 8.19. The molecular weight excluding hydrogens is 827 g/mol. The van der Waals surface area contributed by atoms with Crippen molar-refractivity contribution < 1.29 is 24.5 Å². The van der Waals surface area contributed by atoms with Crippen LogP contribution in [0, 0.1) is 0 Å². The molecule has 1 amide bonds. The number of rotatable bonds is 50. The molecule has 0 aliphatic rings. The van der Waals surface area contributed by atoms with Crippen LogP contribution in [0.4, 0.5) is 0 Å². The number of esters is 1. The zero-order valence-electron chi connectivity index (χ0n) is 44.0. The van der Waals surface area contributed by atoms with Crippen molar-refractivity contribution in [3.63, 3.8) is 0 Å². The molecule has 0 saturated carbocycles. The van der Waals surface area contributed by atoms with E-state index in [1.165, 1.54) is 148 Å². The molecule has 3 atom stereocenters. The van der Waals surface area contributed by atoms with Crippen LogP contribution < -0.4 is 5.32 Å². The number of nitrogens with one attached hydrogen (secondary N) is 1. The van der Waals surface area contributed by atoms with Crippen LogP contribution >= 0.6 is 0 Å². The third kappa shape index (κ3) is 49.3. The summed E-state index contributed by atoms with van der Waals surface area (Å²) in [6, 6.07) is -0.747. The van der Waals surface area contributed by atoms with E-state index in [-0.39, 0.29) is 24.9 Å². The monoisotopic (exact) mass is 934 g/mol. The molecule has 67 heavy (non-hydrogen) atoms. The van der Waals surface area contributed by atoms with Crippen LogP contribution in [-0.2, 0) is 14.3 Å². The minimum absolute atomic E-state index is 0.0504. The average molecular weight is 935 g/mol. The number of carbonyl (C=O) groups is 2. The number of unbranched alkanes of at least 4 members (excludes halogenated alkanes) is 26. The van der Waals surface area contributed by atoms with Crippen LogP contribution in [0.1, 0.15) is 265 Å². The fourth-order valence-electron chi connectivity index (χ4n) is 8.19. The molecule has 0 bridgehead atoms. The van der Waals surface area contributed by atoms with E-state index in [4.69, 9.17) is 4.74 Å². The minimum Gasteiger partial charge on any atom is -0.458 e. The topological polar surface area (TPSA) is 95.9 Å². The molecule has 0 radical (unpaired) electrons. The third-order valence-electron chi connectivity index (χ3n) is 12.5. The van der Waals surface area contributed by atoms with Crippen molar-refractivity contribution in [2.45, 2.75) is 283 Å². The van der Waals surface area contributed by atoms with Gasteiger partial charge >= 0.3 is 5.97 Å². The summed E-state index contributed by atoms with van der Waals surface area (Å²) in [5, 5.41) is 23.8. The summed E-state index contributed by atoms with van der Waals surface area (Å²) in [7, 11) is 0. The van der Waals surface area contributed by atoms with Gasteiger partial charge in [-0.05, 0) is 83.1 Å². The lowest BCUT2D eigenvalue weighted by atomic mass is 10.0. The van der Waals surface area contributed by atoms with E-state index in [9.17, 15) is 19.8 Å². The molecule has 0 fully saturated rings. The van der Waals surface area contributed by atoms with E-state index in [2.05, 4.69) is 99.0 Å². The molecule has 0 rings (SSSR count). The van der Waals surface area contributed by atoms with Crippen LogP contribution in [0.2, 0.25) is 0 Å². The van der Waals surface area contributed by atoms with Crippen molar-refractivity contribution >= 4 is 11.9 Å². The molecule has 3 N–H and O–H groups in total. The van der Waals surface area contributed by atoms with Gasteiger partial charge in [-0.25, -0.2) is 0 Å². The third-order valence-corrected chi connectivity index (χ3v) is 12.5. The van der Waals surface area contributed by atoms with Crippen LogP contribution in [0.5, 0.6) is 0 Å². The van der Waals surface area contributed by atoms with Gasteiger partial charge in [0.25, 0.3) is 0 Å². The molecule has 0 aliphatic heterocycles. The van der Waals surface area contributed by atoms with Crippen LogP contribution in [0.15, 0.2) is 85.1 Å². The molecule has 0 aromatic carbocycles. The first-order chi connectivity index (χ1) is 33.0. The van der Waals surface area contributed by atoms with Gasteiger partial charge in [0.15, 0.2) is 0 Å². The Kier molecular flexibility index (Phi) is 51.6. The predicted molar refractivity (Wildman–Crippen MR) is 291 cm³/mol. The van der Waals surface area contributed by atoms with Gasteiger partial charge in [-0.15, -0.1) is 0 Å². The zero-order chi connectivity index (χ0) is 48.8. The SMILES string of the molecule is CC/C=C\C/C=C\C/C=C\C/C=C\C/C=C\C/C=C\C(CC(=O)NC(CO)C(O)CCCCCCCCCCCCCC)OC(=O)CCCCCCCCCCC/C=C/CCCCCCCC. The van der Waals surface area contributed by atoms with E-state index < -0.39 is 18.2 Å². The van der Waals surface area contributed by atoms with Crippen molar-refractivity contribution in [2.75, 3.05) is 6.61 Å². The summed E-state index contributed by atoms with van der Waals surface area (Å²) >= 11 is 0. The molecule has 0 aliphatic carbocycles. The lowest BCUT2D eigenvalue weighted by Crippen LogP contribution is -2.46. The summed E-state index contributed by atoms with van der Waals surface area (Å²) in [5.74, 6) is -0.630. The second kappa shape index (κ2) is 54.0. The highest BCUT2D eigenvalue weighted by Gasteiger charge is 2.23. The van der Waals surface area contributed by atoms with Gasteiger partial charge in [-0.1, -0.05) is 254 Å². The Labute approximate surface area is 414 Å². The Morgan fingerprint density at radius 3 is 1.25 bits per heavy atom. The van der Waals surface area contributed by atoms with Gasteiger partial charge in [-0.2, -0.15) is 0 Å². The van der Waals surface area contributed by atoms with Crippen molar-refractivity contribution in [1.29, 1.82) is 0 Å². The van der Waals surface area contributed by atoms with Gasteiger partial charge in [0.05, 0.1) is 25.2 Å². The maximum Gasteiger partial charge on any atom is 0.306 e. The zero-order valence-corrected chi connectivity index (χ0v) is 44.0. The number of aliphatic hydroxyl groups is 2. The molecular formula is C61H107NO5. The van der Waals surface area contributed by atoms with Gasteiger partial charge in [0.1, 0.15) is 6.10 Å². The molecule has 0 aromatic rings. The largest absolute Gasteiger partial charge is 0.458 e. The van der Waals surface area contributed by atoms with Gasteiger partial charge < -0.3 is 20.3 Å². The standard InChI is InChI=1S/C61H107NO5/c1-4-7-10-13-16-19-22-25-27-29-30-32-34-36-39-42-45-48-51-54-61(66)67-57(52-49-46-43-40-37-35-33-31-28-26-23-20-17-14-11-8-5-2)55-60(65)62-58(56-63)59(64)53-50-47-44-41-38-24-21-18-15-12-9-6-3/h8,11,17,20,25-28,33,35,40,43,49,52,57-59,63-64H,4-7,9-10,12-16,18-19,21-24,29-32,34,36-39,41-42,44-48,50-51,53-56H2,1-3H3,(H,62,65)/b11-8-,20-17-,27-25+,28-26-,35-33-,43-40-,52-49-.